The summed E-state index contributed by atoms with van der Waals surface area (Å²) in [6, 6.07) is 12.1. The van der Waals surface area contributed by atoms with Gasteiger partial charge in [0.2, 0.25) is 5.88 Å². The Hall–Kier alpha value is -4.27. The molecular weight excluding hydrogens is 386 g/mol. The normalized spacial score (nSPS) is 10.7. The molecule has 3 aromatic heterocycles. The number of rotatable bonds is 5. The lowest BCUT2D eigenvalue weighted by Crippen LogP contribution is -2.30. The average molecular weight is 403 g/mol. The largest absolute Gasteiger partial charge is 0.472 e. The van der Waals surface area contributed by atoms with Crippen LogP contribution in [0.3, 0.4) is 0 Å². The van der Waals surface area contributed by atoms with Gasteiger partial charge in [-0.1, -0.05) is 18.2 Å². The van der Waals surface area contributed by atoms with Crippen LogP contribution in [0.1, 0.15) is 21.6 Å². The topological polar surface area (TPSA) is 127 Å². The highest BCUT2D eigenvalue weighted by atomic mass is 16.5. The molecule has 0 unspecified atom stereocenters. The third kappa shape index (κ3) is 3.55. The van der Waals surface area contributed by atoms with Gasteiger partial charge in [-0.2, -0.15) is 4.68 Å². The number of benzene rings is 1. The van der Waals surface area contributed by atoms with E-state index in [9.17, 15) is 4.79 Å². The summed E-state index contributed by atoms with van der Waals surface area (Å²) in [6.07, 6.45) is 4.28. The van der Waals surface area contributed by atoms with E-state index < -0.39 is 5.97 Å². The Morgan fingerprint density at radius 3 is 2.60 bits per heavy atom. The van der Waals surface area contributed by atoms with Gasteiger partial charge in [-0.25, -0.2) is 4.79 Å². The second kappa shape index (κ2) is 8.00. The van der Waals surface area contributed by atoms with Crippen LogP contribution in [0.15, 0.2) is 65.6 Å². The first-order chi connectivity index (χ1) is 14.6. The van der Waals surface area contributed by atoms with Crippen molar-refractivity contribution >= 4 is 22.6 Å². The summed E-state index contributed by atoms with van der Waals surface area (Å²) in [7, 11) is 1.31. The Labute approximate surface area is 170 Å². The molecule has 0 aliphatic heterocycles. The summed E-state index contributed by atoms with van der Waals surface area (Å²) in [6.45, 7) is 0.0921. The van der Waals surface area contributed by atoms with Crippen molar-refractivity contribution in [1.29, 1.82) is 10.8 Å². The maximum absolute atomic E-state index is 11.5. The summed E-state index contributed by atoms with van der Waals surface area (Å²) < 4.78 is 16.8. The van der Waals surface area contributed by atoms with Crippen molar-refractivity contribution in [1.82, 2.24) is 14.8 Å². The number of ether oxygens (including phenoxy) is 2. The summed E-state index contributed by atoms with van der Waals surface area (Å²) >= 11 is 0. The van der Waals surface area contributed by atoms with Crippen LogP contribution in [0.5, 0.6) is 5.88 Å². The number of carbonyl (C=O) groups excluding carboxylic acids is 1. The number of fused-ring (bicyclic) bond motifs is 1. The van der Waals surface area contributed by atoms with Crippen LogP contribution >= 0.6 is 0 Å². The Bertz CT molecular complexity index is 1280. The van der Waals surface area contributed by atoms with E-state index in [1.807, 2.05) is 12.1 Å². The zero-order valence-electron chi connectivity index (χ0n) is 16.0. The zero-order valence-corrected chi connectivity index (χ0v) is 16.0. The van der Waals surface area contributed by atoms with E-state index in [1.54, 1.807) is 30.3 Å². The van der Waals surface area contributed by atoms with Gasteiger partial charge in [0, 0.05) is 17.0 Å². The molecule has 9 heteroatoms. The summed E-state index contributed by atoms with van der Waals surface area (Å²) in [5.41, 5.74) is 1.47. The molecule has 0 bridgehead atoms. The second-order valence-corrected chi connectivity index (χ2v) is 6.29. The highest BCUT2D eigenvalue weighted by Crippen LogP contribution is 2.21. The van der Waals surface area contributed by atoms with E-state index in [4.69, 9.17) is 20.0 Å². The summed E-state index contributed by atoms with van der Waals surface area (Å²) in [5, 5.41) is 22.5. The van der Waals surface area contributed by atoms with Gasteiger partial charge in [-0.15, -0.1) is 5.10 Å². The number of nitrogens with zero attached hydrogens (tertiary/aromatic N) is 3. The minimum Gasteiger partial charge on any atom is -0.472 e. The van der Waals surface area contributed by atoms with Crippen molar-refractivity contribution < 1.29 is 18.7 Å². The van der Waals surface area contributed by atoms with Gasteiger partial charge in [0.05, 0.1) is 30.2 Å². The molecule has 1 aromatic carbocycles. The first-order valence-corrected chi connectivity index (χ1v) is 8.92. The van der Waals surface area contributed by atoms with Crippen LogP contribution in [-0.2, 0) is 11.3 Å². The average Bonchev–Trinajstić information content (AvgIpc) is 3.33. The molecule has 0 radical (unpaired) electrons. The fraction of sp³-hybridized carbons (Fsp3) is 0.0952. The number of aromatic nitrogens is 3. The maximum atomic E-state index is 11.5. The van der Waals surface area contributed by atoms with Crippen LogP contribution in [0.2, 0.25) is 0 Å². The molecule has 9 nitrogen and oxygen atoms in total. The molecule has 0 spiro atoms. The number of hydrogen-bond acceptors (Lipinski definition) is 8. The molecule has 0 saturated heterocycles. The van der Waals surface area contributed by atoms with Crippen LogP contribution in [-0.4, -0.2) is 33.7 Å². The standard InChI is InChI=1S/C21H17N5O4/c1-28-21(27)13-6-7-15(24-10-13)12-30-20-17-5-3-2-4-16(17)19(23)26(25-20)18(22)14-8-9-29-11-14/h2-11,22-23H,12H2,1H3. The van der Waals surface area contributed by atoms with Crippen molar-refractivity contribution in [3.63, 3.8) is 0 Å². The number of pyridine rings is 1. The van der Waals surface area contributed by atoms with Crippen molar-refractivity contribution in [3.05, 3.63) is 83.5 Å². The number of methoxy groups -OCH3 is 1. The Balaban J connectivity index is 1.68. The second-order valence-electron chi connectivity index (χ2n) is 6.29. The van der Waals surface area contributed by atoms with Crippen LogP contribution in [0.25, 0.3) is 10.8 Å². The predicted octanol–water partition coefficient (Wildman–Crippen LogP) is 2.74. The molecule has 150 valence electrons. The molecular formula is C21H17N5O4. The van der Waals surface area contributed by atoms with E-state index in [0.717, 1.165) is 0 Å². The van der Waals surface area contributed by atoms with Gasteiger partial charge in [0.1, 0.15) is 12.9 Å². The van der Waals surface area contributed by atoms with Gasteiger partial charge >= 0.3 is 5.97 Å². The minimum absolute atomic E-state index is 0.00934. The lowest BCUT2D eigenvalue weighted by Gasteiger charge is -2.13. The minimum atomic E-state index is -0.465. The van der Waals surface area contributed by atoms with Gasteiger partial charge in [0.25, 0.3) is 0 Å². The van der Waals surface area contributed by atoms with E-state index in [1.165, 1.54) is 30.5 Å². The first-order valence-electron chi connectivity index (χ1n) is 8.92. The maximum Gasteiger partial charge on any atom is 0.339 e. The lowest BCUT2D eigenvalue weighted by atomic mass is 10.2. The molecule has 0 aliphatic carbocycles. The van der Waals surface area contributed by atoms with Crippen molar-refractivity contribution in [2.75, 3.05) is 7.11 Å². The quantitative estimate of drug-likeness (QED) is 0.300. The molecule has 0 atom stereocenters. The molecule has 30 heavy (non-hydrogen) atoms. The van der Waals surface area contributed by atoms with Crippen LogP contribution in [0.4, 0.5) is 0 Å². The monoisotopic (exact) mass is 403 g/mol. The van der Waals surface area contributed by atoms with Crippen LogP contribution < -0.4 is 10.2 Å². The molecule has 0 aliphatic rings. The molecule has 0 amide bonds. The first kappa shape index (κ1) is 19.1. The molecule has 0 fully saturated rings. The van der Waals surface area contributed by atoms with Crippen molar-refractivity contribution in [2.45, 2.75) is 6.61 Å². The lowest BCUT2D eigenvalue weighted by molar-refractivity contribution is 0.0600. The van der Waals surface area contributed by atoms with Gasteiger partial charge in [-0.05, 0) is 24.3 Å². The van der Waals surface area contributed by atoms with E-state index in [0.29, 0.717) is 27.6 Å². The molecule has 0 saturated carbocycles. The molecule has 4 aromatic rings. The van der Waals surface area contributed by atoms with Crippen LogP contribution in [0, 0.1) is 10.8 Å². The van der Waals surface area contributed by atoms with Crippen molar-refractivity contribution in [2.24, 2.45) is 0 Å². The Kier molecular flexibility index (Phi) is 5.08. The van der Waals surface area contributed by atoms with Gasteiger partial charge < -0.3 is 13.9 Å². The predicted molar refractivity (Wildman–Crippen MR) is 106 cm³/mol. The number of nitrogens with one attached hydrogen (secondary N) is 2. The highest BCUT2D eigenvalue weighted by Gasteiger charge is 2.15. The van der Waals surface area contributed by atoms with Gasteiger partial charge in [0.15, 0.2) is 11.3 Å². The van der Waals surface area contributed by atoms with Crippen molar-refractivity contribution in [3.8, 4) is 5.88 Å². The highest BCUT2D eigenvalue weighted by molar-refractivity contribution is 5.98. The van der Waals surface area contributed by atoms with Gasteiger partial charge in [-0.3, -0.25) is 15.8 Å². The third-order valence-corrected chi connectivity index (χ3v) is 4.42. The third-order valence-electron chi connectivity index (χ3n) is 4.42. The Morgan fingerprint density at radius 2 is 1.93 bits per heavy atom. The van der Waals surface area contributed by atoms with E-state index in [-0.39, 0.29) is 23.8 Å². The number of carbonyl (C=O) groups is 1. The summed E-state index contributed by atoms with van der Waals surface area (Å²) in [5.74, 6) is -0.217. The SMILES string of the molecule is COC(=O)c1ccc(COc2nn(C(=N)c3ccoc3)c(=N)c3ccccc23)nc1. The molecule has 2 N–H and O–H groups in total. The number of esters is 1. The fourth-order valence-corrected chi connectivity index (χ4v) is 2.87. The fourth-order valence-electron chi connectivity index (χ4n) is 2.87. The smallest absolute Gasteiger partial charge is 0.339 e. The summed E-state index contributed by atoms with van der Waals surface area (Å²) in [4.78, 5) is 15.7. The molecule has 3 heterocycles. The zero-order chi connectivity index (χ0) is 21.1. The Morgan fingerprint density at radius 1 is 1.13 bits per heavy atom. The number of hydrogen-bond donors (Lipinski definition) is 2. The number of furan rings is 1. The van der Waals surface area contributed by atoms with E-state index >= 15 is 0 Å². The van der Waals surface area contributed by atoms with E-state index in [2.05, 4.69) is 14.8 Å². The molecule has 4 rings (SSSR count).